The van der Waals surface area contributed by atoms with Gasteiger partial charge >= 0.3 is 0 Å². The van der Waals surface area contributed by atoms with Gasteiger partial charge in [-0.25, -0.2) is 9.97 Å². The number of hydrogen-bond donors (Lipinski definition) is 1. The summed E-state index contributed by atoms with van der Waals surface area (Å²) in [6, 6.07) is 10.2. The molecule has 2 aromatic rings. The summed E-state index contributed by atoms with van der Waals surface area (Å²) in [5, 5.41) is 3.34. The van der Waals surface area contributed by atoms with Gasteiger partial charge in [0, 0.05) is 36.9 Å². The van der Waals surface area contributed by atoms with Crippen LogP contribution in [0.1, 0.15) is 63.1 Å². The molecule has 1 atom stereocenters. The van der Waals surface area contributed by atoms with Crippen LogP contribution in [0.25, 0.3) is 6.08 Å². The summed E-state index contributed by atoms with van der Waals surface area (Å²) in [5.41, 5.74) is 3.07. The molecule has 0 spiro atoms. The van der Waals surface area contributed by atoms with Crippen molar-refractivity contribution in [1.82, 2.24) is 14.9 Å². The number of nitrogens with zero attached hydrogens (tertiary/aromatic N) is 4. The van der Waals surface area contributed by atoms with Gasteiger partial charge in [-0.1, -0.05) is 49.6 Å². The summed E-state index contributed by atoms with van der Waals surface area (Å²) < 4.78 is 0. The van der Waals surface area contributed by atoms with E-state index in [0.717, 1.165) is 55.2 Å². The normalized spacial score (nSPS) is 19.4. The first kappa shape index (κ1) is 24.2. The molecule has 1 aliphatic heterocycles. The van der Waals surface area contributed by atoms with Crippen molar-refractivity contribution in [3.05, 3.63) is 54.0 Å². The number of nitrogens with one attached hydrogen (secondary N) is 1. The lowest BCUT2D eigenvalue weighted by Crippen LogP contribution is -2.53. The molecule has 0 radical (unpaired) electrons. The highest BCUT2D eigenvalue weighted by atomic mass is 16.2. The molecule has 1 amide bonds. The zero-order valence-corrected chi connectivity index (χ0v) is 20.7. The Hall–Kier alpha value is -2.89. The summed E-state index contributed by atoms with van der Waals surface area (Å²) in [4.78, 5) is 27.2. The number of hydrogen-bond acceptors (Lipinski definition) is 5. The Kier molecular flexibility index (Phi) is 8.56. The van der Waals surface area contributed by atoms with Gasteiger partial charge < -0.3 is 15.1 Å². The van der Waals surface area contributed by atoms with E-state index in [1.54, 1.807) is 6.33 Å². The topological polar surface area (TPSA) is 61.4 Å². The molecule has 0 bridgehead atoms. The predicted octanol–water partition coefficient (Wildman–Crippen LogP) is 5.31. The summed E-state index contributed by atoms with van der Waals surface area (Å²) >= 11 is 0. The Morgan fingerprint density at radius 1 is 1.12 bits per heavy atom. The molecule has 1 N–H and O–H groups in total. The zero-order chi connectivity index (χ0) is 23.8. The van der Waals surface area contributed by atoms with Crippen LogP contribution in [0.3, 0.4) is 0 Å². The smallest absolute Gasteiger partial charge is 0.242 e. The van der Waals surface area contributed by atoms with Crippen LogP contribution in [-0.2, 0) is 4.79 Å². The molecular weight excluding hydrogens is 422 g/mol. The number of para-hydroxylation sites is 1. The number of piperidine rings is 1. The van der Waals surface area contributed by atoms with Gasteiger partial charge in [-0.3, -0.25) is 4.79 Å². The van der Waals surface area contributed by atoms with E-state index in [4.69, 9.17) is 0 Å². The van der Waals surface area contributed by atoms with E-state index >= 15 is 0 Å². The van der Waals surface area contributed by atoms with Gasteiger partial charge in [0.2, 0.25) is 5.91 Å². The highest BCUT2D eigenvalue weighted by Gasteiger charge is 2.32. The third-order valence-electron chi connectivity index (χ3n) is 7.25. The molecule has 2 aliphatic rings. The van der Waals surface area contributed by atoms with Crippen LogP contribution >= 0.6 is 0 Å². The summed E-state index contributed by atoms with van der Waals surface area (Å²) in [7, 11) is 0. The van der Waals surface area contributed by atoms with E-state index in [1.165, 1.54) is 32.1 Å². The number of carbonyl (C=O) groups excluding carboxylic acids is 1. The maximum absolute atomic E-state index is 13.6. The van der Waals surface area contributed by atoms with Crippen LogP contribution < -0.4 is 10.2 Å². The molecule has 34 heavy (non-hydrogen) atoms. The van der Waals surface area contributed by atoms with Crippen LogP contribution in [0, 0.1) is 12.8 Å². The molecule has 182 valence electrons. The van der Waals surface area contributed by atoms with Gasteiger partial charge in [0.05, 0.1) is 12.2 Å². The van der Waals surface area contributed by atoms with Gasteiger partial charge in [0.1, 0.15) is 12.1 Å². The molecule has 1 aliphatic carbocycles. The van der Waals surface area contributed by atoms with Crippen LogP contribution in [-0.4, -0.2) is 53.0 Å². The fourth-order valence-electron chi connectivity index (χ4n) is 5.42. The lowest BCUT2D eigenvalue weighted by Gasteiger charge is -2.42. The molecule has 2 heterocycles. The third-order valence-corrected chi connectivity index (χ3v) is 7.25. The van der Waals surface area contributed by atoms with E-state index in [2.05, 4.69) is 31.2 Å². The number of benzene rings is 1. The monoisotopic (exact) mass is 461 g/mol. The fourth-order valence-corrected chi connectivity index (χ4v) is 5.42. The Balaban J connectivity index is 1.51. The highest BCUT2D eigenvalue weighted by Crippen LogP contribution is 2.29. The van der Waals surface area contributed by atoms with Crippen LogP contribution in [0.4, 0.5) is 11.5 Å². The number of anilines is 2. The molecule has 1 aromatic carbocycles. The predicted molar refractivity (Wildman–Crippen MR) is 140 cm³/mol. The van der Waals surface area contributed by atoms with Crippen molar-refractivity contribution in [3.8, 4) is 0 Å². The Morgan fingerprint density at radius 3 is 2.68 bits per heavy atom. The molecule has 1 saturated heterocycles. The van der Waals surface area contributed by atoms with Crippen molar-refractivity contribution in [2.75, 3.05) is 36.4 Å². The molecule has 1 aromatic heterocycles. The second-order valence-corrected chi connectivity index (χ2v) is 9.71. The van der Waals surface area contributed by atoms with E-state index in [9.17, 15) is 4.79 Å². The first-order chi connectivity index (χ1) is 16.7. The number of aryl methyl sites for hydroxylation is 1. The quantitative estimate of drug-likeness (QED) is 0.577. The van der Waals surface area contributed by atoms with Gasteiger partial charge in [0.25, 0.3) is 0 Å². The first-order valence-corrected chi connectivity index (χ1v) is 12.9. The van der Waals surface area contributed by atoms with E-state index in [1.807, 2.05) is 50.3 Å². The number of aromatic nitrogens is 2. The van der Waals surface area contributed by atoms with Gasteiger partial charge in [-0.15, -0.1) is 0 Å². The maximum Gasteiger partial charge on any atom is 0.242 e. The van der Waals surface area contributed by atoms with Gasteiger partial charge in [-0.2, -0.15) is 0 Å². The molecule has 6 nitrogen and oxygen atoms in total. The SMILES string of the molecule is C/C=C\c1c(C)ncnc1N1CCCC(N(CC2CCCCC2)C(=O)CNc2ccccc2)C1. The molecule has 4 rings (SSSR count). The Labute approximate surface area is 204 Å². The lowest BCUT2D eigenvalue weighted by atomic mass is 9.88. The van der Waals surface area contributed by atoms with E-state index < -0.39 is 0 Å². The number of amides is 1. The van der Waals surface area contributed by atoms with Gasteiger partial charge in [-0.05, 0) is 57.6 Å². The second kappa shape index (κ2) is 12.0. The fraction of sp³-hybridized carbons (Fsp3) is 0.536. The minimum Gasteiger partial charge on any atom is -0.376 e. The molecular formula is C28H39N5O. The average Bonchev–Trinajstić information content (AvgIpc) is 2.88. The largest absolute Gasteiger partial charge is 0.376 e. The van der Waals surface area contributed by atoms with Crippen molar-refractivity contribution in [2.45, 2.75) is 64.8 Å². The van der Waals surface area contributed by atoms with Crippen LogP contribution in [0.15, 0.2) is 42.7 Å². The molecule has 1 unspecified atom stereocenters. The first-order valence-electron chi connectivity index (χ1n) is 12.9. The Morgan fingerprint density at radius 2 is 1.91 bits per heavy atom. The summed E-state index contributed by atoms with van der Waals surface area (Å²) in [6.45, 7) is 7.06. The van der Waals surface area contributed by atoms with Crippen LogP contribution in [0.5, 0.6) is 0 Å². The van der Waals surface area contributed by atoms with Crippen molar-refractivity contribution in [1.29, 1.82) is 0 Å². The van der Waals surface area contributed by atoms with Gasteiger partial charge in [0.15, 0.2) is 0 Å². The molecule has 2 fully saturated rings. The minimum atomic E-state index is 0.203. The summed E-state index contributed by atoms with van der Waals surface area (Å²) in [5.74, 6) is 1.81. The van der Waals surface area contributed by atoms with Crippen LogP contribution in [0.2, 0.25) is 0 Å². The van der Waals surface area contributed by atoms with E-state index in [0.29, 0.717) is 12.5 Å². The summed E-state index contributed by atoms with van der Waals surface area (Å²) in [6.07, 6.45) is 14.3. The second-order valence-electron chi connectivity index (χ2n) is 9.71. The lowest BCUT2D eigenvalue weighted by molar-refractivity contribution is -0.132. The number of rotatable bonds is 8. The number of allylic oxidation sites excluding steroid dienone is 1. The Bertz CT molecular complexity index is 955. The highest BCUT2D eigenvalue weighted by molar-refractivity contribution is 5.81. The van der Waals surface area contributed by atoms with Crippen molar-refractivity contribution >= 4 is 23.5 Å². The standard InChI is InChI=1S/C28H39N5O/c1-3-11-26-22(2)30-21-31-28(26)32-17-10-16-25(20-32)33(19-23-12-6-4-7-13-23)27(34)18-29-24-14-8-5-9-15-24/h3,5,8-9,11,14-15,21,23,25,29H,4,6-7,10,12-13,16-20H2,1-2H3/b11-3-. The average molecular weight is 462 g/mol. The van der Waals surface area contributed by atoms with E-state index in [-0.39, 0.29) is 11.9 Å². The maximum atomic E-state index is 13.6. The minimum absolute atomic E-state index is 0.203. The number of carbonyl (C=O) groups is 1. The van der Waals surface area contributed by atoms with Crippen molar-refractivity contribution in [2.24, 2.45) is 5.92 Å². The molecule has 6 heteroatoms. The molecule has 1 saturated carbocycles. The van der Waals surface area contributed by atoms with Crippen molar-refractivity contribution in [3.63, 3.8) is 0 Å². The third kappa shape index (κ3) is 6.16. The van der Waals surface area contributed by atoms with Crippen molar-refractivity contribution < 1.29 is 4.79 Å². The zero-order valence-electron chi connectivity index (χ0n) is 20.7.